The van der Waals surface area contributed by atoms with E-state index < -0.39 is 10.7 Å². The summed E-state index contributed by atoms with van der Waals surface area (Å²) < 4.78 is -0.503. The highest BCUT2D eigenvalue weighted by Crippen LogP contribution is 2.31. The van der Waals surface area contributed by atoms with E-state index in [9.17, 15) is 4.79 Å². The Morgan fingerprint density at radius 1 is 1.67 bits per heavy atom. The zero-order valence-electron chi connectivity index (χ0n) is 9.24. The lowest BCUT2D eigenvalue weighted by molar-refractivity contribution is -0.123. The molecule has 1 unspecified atom stereocenters. The number of carbonyl (C=O) groups excluding carboxylic acids is 1. The first kappa shape index (κ1) is 13.8. The Labute approximate surface area is 93.5 Å². The molecular formula is C9H15N3O2S. The van der Waals surface area contributed by atoms with E-state index in [2.05, 4.69) is 10.5 Å². The van der Waals surface area contributed by atoms with Crippen molar-refractivity contribution in [2.75, 3.05) is 13.3 Å². The summed E-state index contributed by atoms with van der Waals surface area (Å²) in [6.07, 6.45) is 1.84. The molecule has 0 rings (SSSR count). The van der Waals surface area contributed by atoms with Crippen molar-refractivity contribution in [3.05, 3.63) is 0 Å². The molecule has 0 saturated carbocycles. The molecule has 0 bridgehead atoms. The van der Waals surface area contributed by atoms with Gasteiger partial charge >= 0.3 is 0 Å². The molecule has 0 aromatic rings. The van der Waals surface area contributed by atoms with Crippen LogP contribution in [0.2, 0.25) is 0 Å². The molecule has 0 aromatic carbocycles. The van der Waals surface area contributed by atoms with Gasteiger partial charge in [0.2, 0.25) is 5.91 Å². The second-order valence-electron chi connectivity index (χ2n) is 3.45. The molecule has 15 heavy (non-hydrogen) atoms. The summed E-state index contributed by atoms with van der Waals surface area (Å²) in [6.45, 7) is 3.64. The van der Waals surface area contributed by atoms with Gasteiger partial charge in [0.15, 0.2) is 5.71 Å². The third-order valence-corrected chi connectivity index (χ3v) is 3.51. The van der Waals surface area contributed by atoms with Crippen LogP contribution in [0.25, 0.3) is 0 Å². The van der Waals surface area contributed by atoms with Crippen LogP contribution in [0.15, 0.2) is 5.16 Å². The van der Waals surface area contributed by atoms with Crippen LogP contribution in [-0.2, 0) is 4.79 Å². The van der Waals surface area contributed by atoms with E-state index in [0.29, 0.717) is 0 Å². The maximum Gasteiger partial charge on any atom is 0.231 e. The zero-order valence-corrected chi connectivity index (χ0v) is 10.1. The Kier molecular flexibility index (Phi) is 5.15. The molecule has 0 aromatic heterocycles. The van der Waals surface area contributed by atoms with Crippen LogP contribution in [0.1, 0.15) is 13.8 Å². The lowest BCUT2D eigenvalue weighted by atomic mass is 9.89. The Morgan fingerprint density at radius 3 is 2.47 bits per heavy atom. The molecule has 0 saturated heterocycles. The van der Waals surface area contributed by atoms with Crippen LogP contribution in [0.3, 0.4) is 0 Å². The van der Waals surface area contributed by atoms with Gasteiger partial charge in [-0.15, -0.1) is 0 Å². The standard InChI is InChI=1S/C9H15N3O2S/c1-9(2,15-4)7(8(13)11-3)6(5-10)12-14/h7,14H,1-4H3,(H,11,13). The first-order valence-corrected chi connectivity index (χ1v) is 5.55. The van der Waals surface area contributed by atoms with Crippen LogP contribution in [-0.4, -0.2) is 34.9 Å². The maximum atomic E-state index is 11.6. The number of hydrogen-bond acceptors (Lipinski definition) is 5. The van der Waals surface area contributed by atoms with Gasteiger partial charge in [-0.05, 0) is 20.1 Å². The number of oxime groups is 1. The fourth-order valence-electron chi connectivity index (χ4n) is 1.18. The molecule has 0 aliphatic heterocycles. The van der Waals surface area contributed by atoms with Crippen LogP contribution in [0.5, 0.6) is 0 Å². The molecule has 0 aliphatic carbocycles. The number of thioether (sulfide) groups is 1. The van der Waals surface area contributed by atoms with Crippen LogP contribution in [0.4, 0.5) is 0 Å². The van der Waals surface area contributed by atoms with Crippen molar-refractivity contribution in [1.29, 1.82) is 5.26 Å². The highest BCUT2D eigenvalue weighted by Gasteiger charge is 2.38. The van der Waals surface area contributed by atoms with Crippen molar-refractivity contribution in [1.82, 2.24) is 5.32 Å². The average molecular weight is 229 g/mol. The second kappa shape index (κ2) is 5.61. The molecule has 1 amide bonds. The van der Waals surface area contributed by atoms with Crippen molar-refractivity contribution in [3.63, 3.8) is 0 Å². The predicted octanol–water partition coefficient (Wildman–Crippen LogP) is 0.844. The average Bonchev–Trinajstić information content (AvgIpc) is 2.24. The third kappa shape index (κ3) is 3.13. The van der Waals surface area contributed by atoms with Gasteiger partial charge in [-0.3, -0.25) is 4.79 Å². The van der Waals surface area contributed by atoms with Gasteiger partial charge < -0.3 is 10.5 Å². The maximum absolute atomic E-state index is 11.6. The molecule has 6 heteroatoms. The molecule has 2 N–H and O–H groups in total. The lowest BCUT2D eigenvalue weighted by Gasteiger charge is -2.29. The Hall–Kier alpha value is -1.22. The minimum atomic E-state index is -0.757. The summed E-state index contributed by atoms with van der Waals surface area (Å²) in [5, 5.41) is 22.8. The second-order valence-corrected chi connectivity index (χ2v) is 4.91. The van der Waals surface area contributed by atoms with E-state index in [1.54, 1.807) is 6.07 Å². The van der Waals surface area contributed by atoms with Crippen molar-refractivity contribution in [2.24, 2.45) is 11.1 Å². The third-order valence-electron chi connectivity index (χ3n) is 2.23. The van der Waals surface area contributed by atoms with Crippen molar-refractivity contribution >= 4 is 23.4 Å². The van der Waals surface area contributed by atoms with Crippen LogP contribution < -0.4 is 5.32 Å². The van der Waals surface area contributed by atoms with Gasteiger partial charge in [0, 0.05) is 11.8 Å². The number of nitriles is 1. The highest BCUT2D eigenvalue weighted by atomic mass is 32.2. The molecule has 0 aliphatic rings. The van der Waals surface area contributed by atoms with Crippen LogP contribution >= 0.6 is 11.8 Å². The number of nitrogens with zero attached hydrogens (tertiary/aromatic N) is 2. The van der Waals surface area contributed by atoms with Gasteiger partial charge in [0.1, 0.15) is 12.0 Å². The van der Waals surface area contributed by atoms with Gasteiger partial charge in [-0.1, -0.05) is 5.16 Å². The minimum absolute atomic E-state index is 0.172. The van der Waals surface area contributed by atoms with E-state index in [1.807, 2.05) is 20.1 Å². The van der Waals surface area contributed by atoms with E-state index in [1.165, 1.54) is 18.8 Å². The number of nitrogens with one attached hydrogen (secondary N) is 1. The SMILES string of the molecule is CNC(=O)C(C(C#N)=NO)C(C)(C)SC. The van der Waals surface area contributed by atoms with Crippen molar-refractivity contribution < 1.29 is 10.0 Å². The molecule has 0 spiro atoms. The molecule has 5 nitrogen and oxygen atoms in total. The molecular weight excluding hydrogens is 214 g/mol. The minimum Gasteiger partial charge on any atom is -0.410 e. The molecule has 0 radical (unpaired) electrons. The van der Waals surface area contributed by atoms with Gasteiger partial charge in [-0.2, -0.15) is 17.0 Å². The molecule has 0 fully saturated rings. The van der Waals surface area contributed by atoms with Crippen LogP contribution in [0, 0.1) is 17.2 Å². The summed E-state index contributed by atoms with van der Waals surface area (Å²) in [5.74, 6) is -1.09. The molecule has 84 valence electrons. The quantitative estimate of drug-likeness (QED) is 0.425. The van der Waals surface area contributed by atoms with Crippen molar-refractivity contribution in [3.8, 4) is 6.07 Å². The lowest BCUT2D eigenvalue weighted by Crippen LogP contribution is -2.44. The largest absolute Gasteiger partial charge is 0.410 e. The first-order chi connectivity index (χ1) is 6.94. The van der Waals surface area contributed by atoms with E-state index in [0.717, 1.165) is 0 Å². The first-order valence-electron chi connectivity index (χ1n) is 4.33. The summed E-state index contributed by atoms with van der Waals surface area (Å²) in [5.41, 5.74) is -0.172. The van der Waals surface area contributed by atoms with Gasteiger partial charge in [0.05, 0.1) is 0 Å². The highest BCUT2D eigenvalue weighted by molar-refractivity contribution is 8.00. The predicted molar refractivity (Wildman–Crippen MR) is 60.0 cm³/mol. The van der Waals surface area contributed by atoms with E-state index in [4.69, 9.17) is 10.5 Å². The number of carbonyl (C=O) groups is 1. The van der Waals surface area contributed by atoms with Gasteiger partial charge in [0.25, 0.3) is 0 Å². The monoisotopic (exact) mass is 229 g/mol. The normalized spacial score (nSPS) is 14.2. The van der Waals surface area contributed by atoms with E-state index in [-0.39, 0.29) is 11.6 Å². The zero-order chi connectivity index (χ0) is 12.1. The topological polar surface area (TPSA) is 85.5 Å². The fraction of sp³-hybridized carbons (Fsp3) is 0.667. The molecule has 1 atom stereocenters. The number of rotatable bonds is 4. The number of hydrogen-bond donors (Lipinski definition) is 2. The summed E-state index contributed by atoms with van der Waals surface area (Å²) >= 11 is 1.43. The summed E-state index contributed by atoms with van der Waals surface area (Å²) in [7, 11) is 1.48. The Morgan fingerprint density at radius 2 is 2.20 bits per heavy atom. The fourth-order valence-corrected chi connectivity index (χ4v) is 1.63. The number of amides is 1. The molecule has 0 heterocycles. The smallest absolute Gasteiger partial charge is 0.231 e. The Balaban J connectivity index is 5.26. The van der Waals surface area contributed by atoms with E-state index >= 15 is 0 Å². The Bertz CT molecular complexity index is 307. The van der Waals surface area contributed by atoms with Gasteiger partial charge in [-0.25, -0.2) is 0 Å². The summed E-state index contributed by atoms with van der Waals surface area (Å²) in [6, 6.07) is 1.73. The van der Waals surface area contributed by atoms with Crippen molar-refractivity contribution in [2.45, 2.75) is 18.6 Å². The summed E-state index contributed by atoms with van der Waals surface area (Å²) in [4.78, 5) is 11.6.